The Balaban J connectivity index is 1.36. The smallest absolute Gasteiger partial charge is 0.309 e. The highest BCUT2D eigenvalue weighted by Crippen LogP contribution is 2.58. The Bertz CT molecular complexity index is 656. The topological polar surface area (TPSA) is 59.8 Å². The summed E-state index contributed by atoms with van der Waals surface area (Å²) in [5.74, 6) is 2.83. The first kappa shape index (κ1) is 16.4. The van der Waals surface area contributed by atoms with Crippen LogP contribution < -0.4 is 0 Å². The second kappa shape index (κ2) is 6.14. The molecule has 0 radical (unpaired) electrons. The van der Waals surface area contributed by atoms with Gasteiger partial charge in [-0.3, -0.25) is 9.59 Å². The maximum atomic E-state index is 13.1. The van der Waals surface area contributed by atoms with Crippen molar-refractivity contribution in [3.05, 3.63) is 24.2 Å². The lowest BCUT2D eigenvalue weighted by atomic mass is 9.52. The van der Waals surface area contributed by atoms with E-state index in [1.807, 2.05) is 17.0 Å². The van der Waals surface area contributed by atoms with Crippen LogP contribution in [0, 0.1) is 23.7 Å². The molecule has 0 spiro atoms. The molecular weight excluding hydrogens is 330 g/mol. The fraction of sp³-hybridized carbons (Fsp3) is 0.714. The molecule has 1 aromatic rings. The lowest BCUT2D eigenvalue weighted by molar-refractivity contribution is -0.164. The van der Waals surface area contributed by atoms with Crippen LogP contribution in [0.3, 0.4) is 0 Å². The van der Waals surface area contributed by atoms with Crippen LogP contribution in [-0.4, -0.2) is 28.9 Å². The first-order valence-corrected chi connectivity index (χ1v) is 10.1. The van der Waals surface area contributed by atoms with Crippen molar-refractivity contribution >= 4 is 11.9 Å². The number of amides is 1. The minimum absolute atomic E-state index is 0.0286. The number of furan rings is 1. The van der Waals surface area contributed by atoms with Crippen molar-refractivity contribution in [3.63, 3.8) is 0 Å². The summed E-state index contributed by atoms with van der Waals surface area (Å²) in [5, 5.41) is 0. The van der Waals surface area contributed by atoms with Crippen molar-refractivity contribution in [2.75, 3.05) is 6.61 Å². The predicted molar refractivity (Wildman–Crippen MR) is 93.8 cm³/mol. The van der Waals surface area contributed by atoms with E-state index in [2.05, 4.69) is 0 Å². The monoisotopic (exact) mass is 357 g/mol. The second-order valence-electron chi connectivity index (χ2n) is 9.08. The number of ether oxygens (including phenoxy) is 1. The van der Waals surface area contributed by atoms with E-state index in [-0.39, 0.29) is 29.9 Å². The molecule has 0 unspecified atom stereocenters. The van der Waals surface area contributed by atoms with E-state index in [0.29, 0.717) is 6.54 Å². The van der Waals surface area contributed by atoms with Gasteiger partial charge in [0.05, 0.1) is 18.7 Å². The molecule has 5 saturated carbocycles. The Kier molecular flexibility index (Phi) is 3.87. The molecule has 5 fully saturated rings. The Morgan fingerprint density at radius 3 is 2.31 bits per heavy atom. The highest BCUT2D eigenvalue weighted by atomic mass is 16.5. The van der Waals surface area contributed by atoms with Crippen molar-refractivity contribution < 1.29 is 18.7 Å². The van der Waals surface area contributed by atoms with E-state index < -0.39 is 0 Å². The van der Waals surface area contributed by atoms with E-state index >= 15 is 0 Å². The Morgan fingerprint density at radius 2 is 1.77 bits per heavy atom. The zero-order valence-corrected chi connectivity index (χ0v) is 15.2. The summed E-state index contributed by atoms with van der Waals surface area (Å²) in [6, 6.07) is 3.79. The van der Waals surface area contributed by atoms with Gasteiger partial charge in [-0.1, -0.05) is 0 Å². The van der Waals surface area contributed by atoms with Gasteiger partial charge in [0.1, 0.15) is 5.76 Å². The first-order valence-electron chi connectivity index (χ1n) is 10.1. The average Bonchev–Trinajstić information content (AvgIpc) is 3.33. The molecule has 1 heterocycles. The number of rotatable bonds is 6. The van der Waals surface area contributed by atoms with Gasteiger partial charge in [-0.2, -0.15) is 0 Å². The molecule has 140 valence electrons. The molecule has 26 heavy (non-hydrogen) atoms. The van der Waals surface area contributed by atoms with Gasteiger partial charge in [-0.15, -0.1) is 0 Å². The van der Waals surface area contributed by atoms with Crippen molar-refractivity contribution in [1.82, 2.24) is 4.90 Å². The maximum Gasteiger partial charge on any atom is 0.309 e. The van der Waals surface area contributed by atoms with Crippen LogP contribution in [0.25, 0.3) is 0 Å². The fourth-order valence-corrected chi connectivity index (χ4v) is 6.12. The Hall–Kier alpha value is -1.78. The number of nitrogens with zero attached hydrogens (tertiary/aromatic N) is 1. The van der Waals surface area contributed by atoms with Crippen molar-refractivity contribution in [2.24, 2.45) is 23.7 Å². The molecule has 0 saturated heterocycles. The van der Waals surface area contributed by atoms with Gasteiger partial charge < -0.3 is 14.1 Å². The zero-order valence-electron chi connectivity index (χ0n) is 15.2. The number of carbonyl (C=O) groups excluding carboxylic acids is 2. The summed E-state index contributed by atoms with van der Waals surface area (Å²) >= 11 is 0. The second-order valence-corrected chi connectivity index (χ2v) is 9.08. The largest absolute Gasteiger partial charge is 0.467 e. The van der Waals surface area contributed by atoms with Crippen molar-refractivity contribution in [2.45, 2.75) is 63.5 Å². The molecular formula is C21H27NO4. The third-order valence-electron chi connectivity index (χ3n) is 7.02. The molecule has 1 amide bonds. The van der Waals surface area contributed by atoms with E-state index in [1.54, 1.807) is 6.26 Å². The van der Waals surface area contributed by atoms with Gasteiger partial charge in [0.2, 0.25) is 0 Å². The minimum atomic E-state index is -0.207. The van der Waals surface area contributed by atoms with Gasteiger partial charge in [0.15, 0.2) is 6.61 Å². The van der Waals surface area contributed by atoms with Gasteiger partial charge in [-0.05, 0) is 81.3 Å². The molecule has 4 bridgehead atoms. The van der Waals surface area contributed by atoms with Crippen LogP contribution in [0.1, 0.15) is 57.1 Å². The Morgan fingerprint density at radius 1 is 1.12 bits per heavy atom. The highest BCUT2D eigenvalue weighted by molar-refractivity contribution is 5.82. The quantitative estimate of drug-likeness (QED) is 0.731. The third-order valence-corrected chi connectivity index (χ3v) is 7.02. The van der Waals surface area contributed by atoms with E-state index in [9.17, 15) is 9.59 Å². The van der Waals surface area contributed by atoms with Crippen LogP contribution in [0.5, 0.6) is 0 Å². The van der Waals surface area contributed by atoms with Gasteiger partial charge >= 0.3 is 5.97 Å². The molecule has 5 aliphatic carbocycles. The summed E-state index contributed by atoms with van der Waals surface area (Å²) in [7, 11) is 0. The molecule has 0 N–H and O–H groups in total. The number of hydrogen-bond acceptors (Lipinski definition) is 4. The Labute approximate surface area is 154 Å². The molecule has 5 nitrogen and oxygen atoms in total. The minimum Gasteiger partial charge on any atom is -0.467 e. The standard InChI is InChI=1S/C21H27NO4/c23-19(13-26-20(24)17-3-4-17)22(12-18-2-1-5-25-18)21-9-14-6-15(10-21)8-16(7-14)11-21/h1-2,5,14-17H,3-4,6-13H2. The summed E-state index contributed by atoms with van der Waals surface area (Å²) in [6.07, 6.45) is 10.8. The number of esters is 1. The normalized spacial score (nSPS) is 34.7. The van der Waals surface area contributed by atoms with Crippen LogP contribution in [0.15, 0.2) is 22.8 Å². The summed E-state index contributed by atoms with van der Waals surface area (Å²) in [6.45, 7) is 0.358. The third kappa shape index (κ3) is 2.95. The number of carbonyl (C=O) groups is 2. The van der Waals surface area contributed by atoms with Crippen LogP contribution in [-0.2, 0) is 20.9 Å². The molecule has 5 aliphatic rings. The molecule has 0 aliphatic heterocycles. The molecule has 6 rings (SSSR count). The van der Waals surface area contributed by atoms with Gasteiger partial charge in [0.25, 0.3) is 5.91 Å². The lowest BCUT2D eigenvalue weighted by Gasteiger charge is -2.60. The van der Waals surface area contributed by atoms with Crippen LogP contribution in [0.2, 0.25) is 0 Å². The molecule has 0 atom stereocenters. The van der Waals surface area contributed by atoms with E-state index in [1.165, 1.54) is 19.3 Å². The van der Waals surface area contributed by atoms with Crippen LogP contribution in [0.4, 0.5) is 0 Å². The van der Waals surface area contributed by atoms with E-state index in [0.717, 1.165) is 55.6 Å². The SMILES string of the molecule is O=C(OCC(=O)N(Cc1ccco1)C12CC3CC(CC(C3)C1)C2)C1CC1. The highest BCUT2D eigenvalue weighted by Gasteiger charge is 2.54. The predicted octanol–water partition coefficient (Wildman–Crippen LogP) is 3.53. The number of hydrogen-bond donors (Lipinski definition) is 0. The lowest BCUT2D eigenvalue weighted by Crippen LogP contribution is -2.61. The summed E-state index contributed by atoms with van der Waals surface area (Å²) in [4.78, 5) is 27.0. The zero-order chi connectivity index (χ0) is 17.7. The summed E-state index contributed by atoms with van der Waals surface area (Å²) < 4.78 is 10.9. The fourth-order valence-electron chi connectivity index (χ4n) is 6.12. The summed E-state index contributed by atoms with van der Waals surface area (Å²) in [5.41, 5.74) is -0.0649. The maximum absolute atomic E-state index is 13.1. The van der Waals surface area contributed by atoms with Gasteiger partial charge in [-0.25, -0.2) is 0 Å². The van der Waals surface area contributed by atoms with Crippen LogP contribution >= 0.6 is 0 Å². The van der Waals surface area contributed by atoms with E-state index in [4.69, 9.17) is 9.15 Å². The molecule has 1 aromatic heterocycles. The van der Waals surface area contributed by atoms with Crippen molar-refractivity contribution in [1.29, 1.82) is 0 Å². The van der Waals surface area contributed by atoms with Gasteiger partial charge in [0, 0.05) is 5.54 Å². The molecule has 5 heteroatoms. The average molecular weight is 357 g/mol. The molecule has 0 aromatic carbocycles. The van der Waals surface area contributed by atoms with Crippen molar-refractivity contribution in [3.8, 4) is 0 Å². The first-order chi connectivity index (χ1) is 12.6.